The number of hydrogen-bond acceptors (Lipinski definition) is 14. The van der Waals surface area contributed by atoms with Crippen LogP contribution in [0, 0.1) is 5.92 Å². The lowest BCUT2D eigenvalue weighted by Gasteiger charge is -2.31. The molecule has 0 saturated carbocycles. The predicted octanol–water partition coefficient (Wildman–Crippen LogP) is 0.123. The summed E-state index contributed by atoms with van der Waals surface area (Å²) >= 11 is 1.44. The van der Waals surface area contributed by atoms with Gasteiger partial charge in [-0.15, -0.1) is 0 Å². The number of nitrogens with two attached hydrogens (primary N) is 2. The van der Waals surface area contributed by atoms with Crippen LogP contribution >= 0.6 is 11.8 Å². The van der Waals surface area contributed by atoms with Crippen molar-refractivity contribution in [2.75, 3.05) is 25.1 Å². The minimum Gasteiger partial charge on any atom is -0.508 e. The van der Waals surface area contributed by atoms with Crippen molar-refractivity contribution in [1.82, 2.24) is 41.7 Å². The topological polar surface area (TPSA) is 362 Å². The van der Waals surface area contributed by atoms with Crippen LogP contribution < -0.4 is 43.4 Å². The van der Waals surface area contributed by atoms with Crippen LogP contribution in [-0.2, 0) is 67.2 Å². The molecule has 24 heteroatoms. The van der Waals surface area contributed by atoms with Gasteiger partial charge in [0.2, 0.25) is 53.2 Å². The van der Waals surface area contributed by atoms with E-state index in [1.54, 1.807) is 68.4 Å². The largest absolute Gasteiger partial charge is 0.508 e. The summed E-state index contributed by atoms with van der Waals surface area (Å²) in [4.78, 5) is 139. The Morgan fingerprint density at radius 3 is 1.58 bits per heavy atom. The number of thioether (sulfide) groups is 1. The van der Waals surface area contributed by atoms with Crippen molar-refractivity contribution >= 4 is 70.9 Å². The lowest BCUT2D eigenvalue weighted by atomic mass is 10.0. The van der Waals surface area contributed by atoms with Crippen LogP contribution in [0.2, 0.25) is 0 Å². The number of carbonyl (C=O) groups is 10. The van der Waals surface area contributed by atoms with Crippen LogP contribution in [0.5, 0.6) is 11.5 Å². The van der Waals surface area contributed by atoms with Crippen molar-refractivity contribution in [1.29, 1.82) is 0 Å². The average molecular weight is 1120 g/mol. The fourth-order valence-electron chi connectivity index (χ4n) is 9.50. The number of nitrogens with one attached hydrogen (secondary N) is 6. The average Bonchev–Trinajstić information content (AvgIpc) is 4.12. The number of aliphatic carboxylic acids is 1. The molecule has 0 radical (unpaired) electrons. The highest BCUT2D eigenvalue weighted by Gasteiger charge is 2.42. The molecular formula is C55H74N10O13S. The van der Waals surface area contributed by atoms with Gasteiger partial charge in [0.05, 0.1) is 12.5 Å². The predicted molar refractivity (Wildman–Crippen MR) is 292 cm³/mol. The highest BCUT2D eigenvalue weighted by atomic mass is 32.2. The molecule has 5 rings (SSSR count). The highest BCUT2D eigenvalue weighted by molar-refractivity contribution is 7.98. The molecule has 13 N–H and O–H groups in total. The first kappa shape index (κ1) is 62.1. The molecule has 9 atom stereocenters. The van der Waals surface area contributed by atoms with Gasteiger partial charge in [-0.05, 0) is 111 Å². The van der Waals surface area contributed by atoms with E-state index in [0.717, 1.165) is 0 Å². The van der Waals surface area contributed by atoms with Crippen molar-refractivity contribution in [2.24, 2.45) is 17.4 Å². The second-order valence-corrected chi connectivity index (χ2v) is 21.4. The third kappa shape index (κ3) is 18.7. The van der Waals surface area contributed by atoms with Crippen LogP contribution in [0.15, 0.2) is 78.9 Å². The van der Waals surface area contributed by atoms with Gasteiger partial charge in [0.1, 0.15) is 59.8 Å². The molecular weight excluding hydrogens is 1040 g/mol. The quantitative estimate of drug-likeness (QED) is 0.0460. The number of phenols is 2. The molecule has 0 spiro atoms. The van der Waals surface area contributed by atoms with Crippen molar-refractivity contribution in [3.05, 3.63) is 95.6 Å². The summed E-state index contributed by atoms with van der Waals surface area (Å²) in [7, 11) is 0. The van der Waals surface area contributed by atoms with E-state index >= 15 is 0 Å². The van der Waals surface area contributed by atoms with Crippen LogP contribution in [0.25, 0.3) is 0 Å². The van der Waals surface area contributed by atoms with Crippen LogP contribution in [-0.4, -0.2) is 164 Å². The number of rotatable bonds is 28. The number of benzene rings is 3. The summed E-state index contributed by atoms with van der Waals surface area (Å²) < 4.78 is 0. The van der Waals surface area contributed by atoms with Gasteiger partial charge in [-0.2, -0.15) is 11.8 Å². The number of hydrogen-bond donors (Lipinski definition) is 11. The van der Waals surface area contributed by atoms with Crippen LogP contribution in [0.4, 0.5) is 0 Å². The number of phenolic OH excluding ortho intramolecular Hbond substituents is 2. The Morgan fingerprint density at radius 2 is 1.05 bits per heavy atom. The van der Waals surface area contributed by atoms with Gasteiger partial charge in [0, 0.05) is 25.9 Å². The lowest BCUT2D eigenvalue weighted by Crippen LogP contribution is -2.60. The van der Waals surface area contributed by atoms with Crippen LogP contribution in [0.3, 0.4) is 0 Å². The molecule has 2 aliphatic rings. The number of carbonyl (C=O) groups excluding carboxylic acids is 9. The fourth-order valence-corrected chi connectivity index (χ4v) is 9.97. The first-order valence-corrected chi connectivity index (χ1v) is 27.7. The maximum Gasteiger partial charge on any atom is 0.326 e. The molecule has 9 amide bonds. The summed E-state index contributed by atoms with van der Waals surface area (Å²) in [5.41, 5.74) is 13.7. The smallest absolute Gasteiger partial charge is 0.326 e. The van der Waals surface area contributed by atoms with Gasteiger partial charge in [0.15, 0.2) is 0 Å². The SMILES string of the molecule is CSCCC(NC(=O)C(N)Cc1ccc(O)cc1)C(=O)NC(Cc1ccccc1)C(=O)N1CCCC1C(=O)NC(CC(N)=O)C(=O)NC(C)C(=O)N1CCCC1C(=O)NC(Cc1ccc(O)cc1)C(=O)NC(CC(C)C)C(=O)O. The zero-order valence-corrected chi connectivity index (χ0v) is 45.7. The molecule has 428 valence electrons. The van der Waals surface area contributed by atoms with Gasteiger partial charge < -0.3 is 68.5 Å². The van der Waals surface area contributed by atoms with Crippen molar-refractivity contribution < 1.29 is 63.3 Å². The zero-order valence-electron chi connectivity index (χ0n) is 44.9. The minimum atomic E-state index is -1.62. The third-order valence-electron chi connectivity index (χ3n) is 13.6. The monoisotopic (exact) mass is 1110 g/mol. The molecule has 2 saturated heterocycles. The summed E-state index contributed by atoms with van der Waals surface area (Å²) in [6, 6.07) is 9.69. The van der Waals surface area contributed by atoms with Crippen molar-refractivity contribution in [2.45, 2.75) is 139 Å². The standard InChI is InChI=1S/C55H74N10O13S/c1-31(2)26-43(55(77)78)63-50(72)40(28-35-16-20-37(67)21-17-35)60-51(73)44-12-8-23-64(44)53(75)32(3)58-49(71)41(30-46(57)68)61-52(74)45-13-9-24-65(45)54(76)42(29-33-10-6-5-7-11-33)62-48(70)39(22-25-79-4)59-47(69)38(56)27-34-14-18-36(66)19-15-34/h5-7,10-11,14-21,31-32,38-45,66-67H,8-9,12-13,22-30,56H2,1-4H3,(H2,57,68)(H,58,71)(H,59,69)(H,60,73)(H,61,74)(H,62,70)(H,63,72)(H,77,78). The van der Waals surface area contributed by atoms with E-state index in [1.165, 1.54) is 52.8 Å². The van der Waals surface area contributed by atoms with E-state index in [1.807, 2.05) is 6.26 Å². The highest BCUT2D eigenvalue weighted by Crippen LogP contribution is 2.23. The van der Waals surface area contributed by atoms with E-state index in [0.29, 0.717) is 35.3 Å². The minimum absolute atomic E-state index is 0.000649. The number of carboxylic acids is 1. The number of amides is 9. The molecule has 9 unspecified atom stereocenters. The maximum absolute atomic E-state index is 14.6. The maximum atomic E-state index is 14.6. The van der Waals surface area contributed by atoms with E-state index in [4.69, 9.17) is 11.5 Å². The van der Waals surface area contributed by atoms with E-state index in [9.17, 15) is 63.3 Å². The van der Waals surface area contributed by atoms with Gasteiger partial charge in [-0.25, -0.2) is 4.79 Å². The molecule has 0 aromatic heterocycles. The first-order chi connectivity index (χ1) is 37.5. The second-order valence-electron chi connectivity index (χ2n) is 20.4. The molecule has 3 aromatic rings. The van der Waals surface area contributed by atoms with Gasteiger partial charge in [-0.3, -0.25) is 43.2 Å². The Balaban J connectivity index is 1.27. The molecule has 3 aromatic carbocycles. The van der Waals surface area contributed by atoms with E-state index < -0.39 is 120 Å². The second kappa shape index (κ2) is 29.9. The first-order valence-electron chi connectivity index (χ1n) is 26.3. The summed E-state index contributed by atoms with van der Waals surface area (Å²) in [6.45, 7) is 5.11. The molecule has 2 fully saturated rings. The Bertz CT molecular complexity index is 2630. The van der Waals surface area contributed by atoms with E-state index in [-0.39, 0.29) is 75.5 Å². The number of primary amides is 1. The molecule has 2 aliphatic heterocycles. The Kier molecular flexibility index (Phi) is 23.5. The van der Waals surface area contributed by atoms with Crippen molar-refractivity contribution in [3.63, 3.8) is 0 Å². The van der Waals surface area contributed by atoms with Crippen molar-refractivity contribution in [3.8, 4) is 11.5 Å². The number of likely N-dealkylation sites (tertiary alicyclic amines) is 2. The van der Waals surface area contributed by atoms with Gasteiger partial charge in [-0.1, -0.05) is 68.4 Å². The molecule has 2 heterocycles. The Labute approximate surface area is 463 Å². The van der Waals surface area contributed by atoms with Gasteiger partial charge in [0.25, 0.3) is 0 Å². The Hall–Kier alpha value is -7.73. The number of aromatic hydroxyl groups is 2. The van der Waals surface area contributed by atoms with E-state index in [2.05, 4.69) is 31.9 Å². The molecule has 79 heavy (non-hydrogen) atoms. The van der Waals surface area contributed by atoms with Gasteiger partial charge >= 0.3 is 5.97 Å². The summed E-state index contributed by atoms with van der Waals surface area (Å²) in [6.07, 6.45) is 2.50. The summed E-state index contributed by atoms with van der Waals surface area (Å²) in [5, 5.41) is 45.1. The normalized spacial score (nSPS) is 17.7. The Morgan fingerprint density at radius 1 is 0.582 bits per heavy atom. The molecule has 23 nitrogen and oxygen atoms in total. The number of nitrogens with zero attached hydrogens (tertiary/aromatic N) is 2. The fraction of sp³-hybridized carbons (Fsp3) is 0.491. The molecule has 0 aliphatic carbocycles. The number of carboxylic acid groups (broad SMARTS) is 1. The lowest BCUT2D eigenvalue weighted by molar-refractivity contribution is -0.144. The zero-order chi connectivity index (χ0) is 57.9. The van der Waals surface area contributed by atoms with Crippen LogP contribution in [0.1, 0.15) is 82.4 Å². The third-order valence-corrected chi connectivity index (χ3v) is 14.3. The molecule has 0 bridgehead atoms. The summed E-state index contributed by atoms with van der Waals surface area (Å²) in [5.74, 6) is -7.76.